The van der Waals surface area contributed by atoms with Crippen molar-refractivity contribution in [1.82, 2.24) is 0 Å². The van der Waals surface area contributed by atoms with Crippen molar-refractivity contribution in [1.29, 1.82) is 0 Å². The summed E-state index contributed by atoms with van der Waals surface area (Å²) in [4.78, 5) is 23.6. The predicted molar refractivity (Wildman–Crippen MR) is 119 cm³/mol. The van der Waals surface area contributed by atoms with Crippen molar-refractivity contribution < 1.29 is 45.2 Å². The summed E-state index contributed by atoms with van der Waals surface area (Å²) in [5.74, 6) is -1.44. The van der Waals surface area contributed by atoms with Gasteiger partial charge in [0.2, 0.25) is 0 Å². The van der Waals surface area contributed by atoms with Gasteiger partial charge in [0.25, 0.3) is 0 Å². The average Bonchev–Trinajstić information content (AvgIpc) is 2.60. The molecule has 0 heterocycles. The van der Waals surface area contributed by atoms with E-state index in [9.17, 15) is 35.7 Å². The number of esters is 2. The molecule has 1 aromatic rings. The molecule has 0 N–H and O–H groups in total. The molecule has 0 aliphatic rings. The van der Waals surface area contributed by atoms with Gasteiger partial charge in [-0.3, -0.25) is 4.79 Å². The second kappa shape index (κ2) is 11.6. The molecule has 1 unspecified atom stereocenters. The zero-order valence-corrected chi connectivity index (χ0v) is 21.6. The van der Waals surface area contributed by atoms with E-state index in [4.69, 9.17) is 4.74 Å². The standard InChI is InChI=1S/C15H14F3I3O7S/c16-11(15(17,18)29(24,25)26)3-5-27-12(22)2-1-4-28-14(23)9-6-8(19)7-10(20)13(9)21/h6-7,11H,1-5H2,(H,24,25,26)/p-1. The second-order valence-electron chi connectivity index (χ2n) is 5.48. The molecule has 0 aromatic heterocycles. The summed E-state index contributed by atoms with van der Waals surface area (Å²) in [5.41, 5.74) is 0.382. The van der Waals surface area contributed by atoms with Crippen LogP contribution in [0, 0.1) is 10.7 Å². The highest BCUT2D eigenvalue weighted by Crippen LogP contribution is 2.29. The molecule has 0 spiro atoms. The number of hydrogen-bond acceptors (Lipinski definition) is 7. The maximum absolute atomic E-state index is 13.2. The molecule has 0 bridgehead atoms. The van der Waals surface area contributed by atoms with E-state index < -0.39 is 46.5 Å². The van der Waals surface area contributed by atoms with Gasteiger partial charge in [0.05, 0.1) is 18.8 Å². The quantitative estimate of drug-likeness (QED) is 0.117. The van der Waals surface area contributed by atoms with Crippen molar-refractivity contribution in [2.24, 2.45) is 0 Å². The summed E-state index contributed by atoms with van der Waals surface area (Å²) in [6, 6.07) is 3.55. The van der Waals surface area contributed by atoms with Crippen molar-refractivity contribution >= 4 is 89.8 Å². The Kier molecular flexibility index (Phi) is 10.8. The smallest absolute Gasteiger partial charge is 0.364 e. The lowest BCUT2D eigenvalue weighted by Gasteiger charge is -2.23. The second-order valence-corrected chi connectivity index (χ2v) is 10.4. The summed E-state index contributed by atoms with van der Waals surface area (Å²) in [6.07, 6.45) is -4.61. The number of benzene rings is 1. The Hall–Kier alpha value is 0.0500. The lowest BCUT2D eigenvalue weighted by molar-refractivity contribution is -0.145. The van der Waals surface area contributed by atoms with Crippen LogP contribution in [0.25, 0.3) is 0 Å². The molecule has 0 aliphatic carbocycles. The van der Waals surface area contributed by atoms with Crippen LogP contribution in [0.5, 0.6) is 0 Å². The molecular formula is C15H13F3I3O7S-. The minimum absolute atomic E-state index is 0.0757. The molecule has 1 rings (SSSR count). The van der Waals surface area contributed by atoms with Crippen LogP contribution in [-0.4, -0.2) is 49.5 Å². The molecule has 0 aliphatic heterocycles. The zero-order chi connectivity index (χ0) is 22.4. The highest BCUT2D eigenvalue weighted by Gasteiger charge is 2.47. The van der Waals surface area contributed by atoms with Crippen LogP contribution in [0.2, 0.25) is 0 Å². The number of hydrogen-bond donors (Lipinski definition) is 0. The summed E-state index contributed by atoms with van der Waals surface area (Å²) in [7, 11) is -6.16. The number of carbonyl (C=O) groups is 2. The van der Waals surface area contributed by atoms with E-state index in [-0.39, 0.29) is 19.4 Å². The Morgan fingerprint density at radius 1 is 1.14 bits per heavy atom. The van der Waals surface area contributed by atoms with Gasteiger partial charge in [-0.15, -0.1) is 0 Å². The van der Waals surface area contributed by atoms with E-state index in [0.717, 1.165) is 10.7 Å². The van der Waals surface area contributed by atoms with E-state index in [1.54, 1.807) is 6.07 Å². The van der Waals surface area contributed by atoms with Gasteiger partial charge in [-0.1, -0.05) is 0 Å². The van der Waals surface area contributed by atoms with E-state index >= 15 is 0 Å². The minimum atomic E-state index is -6.16. The largest absolute Gasteiger partial charge is 0.743 e. The lowest BCUT2D eigenvalue weighted by Crippen LogP contribution is -2.39. The molecule has 29 heavy (non-hydrogen) atoms. The maximum Gasteiger partial charge on any atom is 0.364 e. The van der Waals surface area contributed by atoms with Crippen molar-refractivity contribution in [3.05, 3.63) is 28.4 Å². The van der Waals surface area contributed by atoms with E-state index in [2.05, 4.69) is 49.9 Å². The maximum atomic E-state index is 13.2. The molecule has 1 atom stereocenters. The van der Waals surface area contributed by atoms with Gasteiger partial charge in [-0.25, -0.2) is 17.6 Å². The van der Waals surface area contributed by atoms with Crippen LogP contribution >= 0.6 is 67.8 Å². The molecule has 14 heteroatoms. The van der Waals surface area contributed by atoms with E-state index in [1.807, 2.05) is 28.7 Å². The fourth-order valence-corrected chi connectivity index (χ4v) is 4.64. The molecule has 1 aromatic carbocycles. The van der Waals surface area contributed by atoms with E-state index in [0.29, 0.717) is 5.56 Å². The van der Waals surface area contributed by atoms with Gasteiger partial charge < -0.3 is 14.0 Å². The number of rotatable bonds is 10. The highest BCUT2D eigenvalue weighted by atomic mass is 127. The first-order valence-electron chi connectivity index (χ1n) is 7.72. The van der Waals surface area contributed by atoms with Crippen molar-refractivity contribution in [3.63, 3.8) is 0 Å². The van der Waals surface area contributed by atoms with Gasteiger partial charge in [0.1, 0.15) is 0 Å². The van der Waals surface area contributed by atoms with Crippen LogP contribution < -0.4 is 0 Å². The fourth-order valence-electron chi connectivity index (χ4n) is 1.84. The van der Waals surface area contributed by atoms with Gasteiger partial charge in [-0.2, -0.15) is 8.78 Å². The Balaban J connectivity index is 2.36. The first-order chi connectivity index (χ1) is 13.3. The summed E-state index contributed by atoms with van der Waals surface area (Å²) in [6.45, 7) is -0.936. The average molecular weight is 775 g/mol. The van der Waals surface area contributed by atoms with Gasteiger partial charge >= 0.3 is 17.2 Å². The predicted octanol–water partition coefficient (Wildman–Crippen LogP) is 3.85. The van der Waals surface area contributed by atoms with Crippen LogP contribution in [0.3, 0.4) is 0 Å². The molecule has 0 amide bonds. The minimum Gasteiger partial charge on any atom is -0.743 e. The van der Waals surface area contributed by atoms with E-state index in [1.165, 1.54) is 0 Å². The van der Waals surface area contributed by atoms with Gasteiger partial charge in [0, 0.05) is 23.6 Å². The van der Waals surface area contributed by atoms with Crippen molar-refractivity contribution in [2.75, 3.05) is 13.2 Å². The molecular weight excluding hydrogens is 762 g/mol. The molecule has 0 saturated heterocycles. The summed E-state index contributed by atoms with van der Waals surface area (Å²) >= 11 is 6.16. The Morgan fingerprint density at radius 3 is 2.34 bits per heavy atom. The molecule has 0 fully saturated rings. The van der Waals surface area contributed by atoms with Crippen LogP contribution in [0.4, 0.5) is 13.2 Å². The van der Waals surface area contributed by atoms with Crippen LogP contribution in [0.15, 0.2) is 12.1 Å². The molecule has 164 valence electrons. The monoisotopic (exact) mass is 775 g/mol. The summed E-state index contributed by atoms with van der Waals surface area (Å²) < 4.78 is 81.9. The first kappa shape index (κ1) is 27.1. The molecule has 0 saturated carbocycles. The topological polar surface area (TPSA) is 110 Å². The number of alkyl halides is 3. The van der Waals surface area contributed by atoms with Crippen LogP contribution in [-0.2, 0) is 24.4 Å². The van der Waals surface area contributed by atoms with Gasteiger partial charge in [-0.05, 0) is 86.3 Å². The van der Waals surface area contributed by atoms with Gasteiger partial charge in [0.15, 0.2) is 16.3 Å². The highest BCUT2D eigenvalue weighted by molar-refractivity contribution is 14.1. The van der Waals surface area contributed by atoms with Crippen molar-refractivity contribution in [3.8, 4) is 0 Å². The number of ether oxygens (including phenoxy) is 2. The number of halogens is 6. The Labute approximate surface area is 205 Å². The normalized spacial score (nSPS) is 13.1. The first-order valence-corrected chi connectivity index (χ1v) is 12.4. The SMILES string of the molecule is O=C(CCCOC(=O)c1cc(I)cc(I)c1I)OCCC(F)C(F)(F)S(=O)(=O)[O-]. The third kappa shape index (κ3) is 8.24. The third-order valence-corrected chi connectivity index (χ3v) is 7.89. The number of carbonyl (C=O) groups excluding carboxylic acids is 2. The fraction of sp³-hybridized carbons (Fsp3) is 0.467. The summed E-state index contributed by atoms with van der Waals surface area (Å²) in [5, 5.41) is -5.10. The van der Waals surface area contributed by atoms with Crippen molar-refractivity contribution in [2.45, 2.75) is 30.7 Å². The molecule has 7 nitrogen and oxygen atoms in total. The lowest BCUT2D eigenvalue weighted by atomic mass is 10.2. The third-order valence-electron chi connectivity index (χ3n) is 3.30. The zero-order valence-electron chi connectivity index (χ0n) is 14.3. The Bertz CT molecular complexity index is 865. The Morgan fingerprint density at radius 2 is 1.76 bits per heavy atom. The van der Waals surface area contributed by atoms with Crippen LogP contribution in [0.1, 0.15) is 29.6 Å². The molecule has 0 radical (unpaired) electrons.